The van der Waals surface area contributed by atoms with Crippen LogP contribution >= 0.6 is 0 Å². The van der Waals surface area contributed by atoms with Crippen molar-refractivity contribution in [1.29, 1.82) is 0 Å². The Balaban J connectivity index is 1.71. The molecule has 0 saturated carbocycles. The molecule has 1 N–H and O–H groups in total. The molecule has 0 spiro atoms. The first-order valence-corrected chi connectivity index (χ1v) is 11.6. The first kappa shape index (κ1) is 22.3. The predicted molar refractivity (Wildman–Crippen MR) is 118 cm³/mol. The number of nitrogens with zero attached hydrogens (tertiary/aromatic N) is 1. The molecule has 8 heteroatoms. The first-order chi connectivity index (χ1) is 14.8. The van der Waals surface area contributed by atoms with Gasteiger partial charge in [0.15, 0.2) is 15.6 Å². The highest BCUT2D eigenvalue weighted by atomic mass is 32.2. The second kappa shape index (κ2) is 9.61. The highest BCUT2D eigenvalue weighted by Gasteiger charge is 2.20. The van der Waals surface area contributed by atoms with Gasteiger partial charge in [-0.2, -0.15) is 0 Å². The van der Waals surface area contributed by atoms with Crippen molar-refractivity contribution in [1.82, 2.24) is 4.90 Å². The lowest BCUT2D eigenvalue weighted by atomic mass is 10.1. The number of hydrogen-bond acceptors (Lipinski definition) is 5. The average molecular weight is 441 g/mol. The summed E-state index contributed by atoms with van der Waals surface area (Å²) in [5, 5.41) is 2.68. The molecular formula is C23H24N2O5S. The van der Waals surface area contributed by atoms with Crippen LogP contribution in [0.15, 0.2) is 76.0 Å². The van der Waals surface area contributed by atoms with Crippen LogP contribution in [0.5, 0.6) is 0 Å². The number of amides is 2. The van der Waals surface area contributed by atoms with Crippen LogP contribution in [0.2, 0.25) is 0 Å². The SMILES string of the molecule is CCN(CC)C(=O)c1cccc(NC(=O)c2ccc(CS(=O)(=O)c3ccccc3)o2)c1. The third-order valence-corrected chi connectivity index (χ3v) is 6.39. The van der Waals surface area contributed by atoms with Crippen LogP contribution in [0.25, 0.3) is 0 Å². The fourth-order valence-electron chi connectivity index (χ4n) is 3.09. The van der Waals surface area contributed by atoms with Gasteiger partial charge in [0.1, 0.15) is 11.5 Å². The third kappa shape index (κ3) is 5.40. The lowest BCUT2D eigenvalue weighted by molar-refractivity contribution is 0.0772. The summed E-state index contributed by atoms with van der Waals surface area (Å²) in [6, 6.07) is 17.6. The van der Waals surface area contributed by atoms with Crippen molar-refractivity contribution < 1.29 is 22.4 Å². The molecule has 0 aliphatic rings. The molecule has 2 aromatic carbocycles. The Kier molecular flexibility index (Phi) is 6.91. The van der Waals surface area contributed by atoms with Gasteiger partial charge in [0, 0.05) is 24.3 Å². The molecule has 2 amide bonds. The van der Waals surface area contributed by atoms with Crippen LogP contribution in [0.1, 0.15) is 40.5 Å². The summed E-state index contributed by atoms with van der Waals surface area (Å²) < 4.78 is 30.4. The normalized spacial score (nSPS) is 11.2. The summed E-state index contributed by atoms with van der Waals surface area (Å²) in [6.07, 6.45) is 0. The zero-order valence-electron chi connectivity index (χ0n) is 17.4. The number of benzene rings is 2. The van der Waals surface area contributed by atoms with E-state index in [-0.39, 0.29) is 28.1 Å². The van der Waals surface area contributed by atoms with Gasteiger partial charge in [0.2, 0.25) is 0 Å². The second-order valence-corrected chi connectivity index (χ2v) is 8.84. The number of nitrogens with one attached hydrogen (secondary N) is 1. The van der Waals surface area contributed by atoms with Gasteiger partial charge in [-0.3, -0.25) is 9.59 Å². The van der Waals surface area contributed by atoms with E-state index in [9.17, 15) is 18.0 Å². The molecule has 31 heavy (non-hydrogen) atoms. The zero-order valence-corrected chi connectivity index (χ0v) is 18.2. The molecule has 1 aromatic heterocycles. The maximum atomic E-state index is 12.5. The van der Waals surface area contributed by atoms with E-state index >= 15 is 0 Å². The molecule has 0 saturated heterocycles. The van der Waals surface area contributed by atoms with Gasteiger partial charge in [0.25, 0.3) is 11.8 Å². The minimum absolute atomic E-state index is 0.0151. The monoisotopic (exact) mass is 440 g/mol. The fraction of sp³-hybridized carbons (Fsp3) is 0.217. The molecular weight excluding hydrogens is 416 g/mol. The van der Waals surface area contributed by atoms with Crippen LogP contribution in [0.4, 0.5) is 5.69 Å². The van der Waals surface area contributed by atoms with E-state index in [1.165, 1.54) is 24.3 Å². The van der Waals surface area contributed by atoms with Crippen molar-refractivity contribution >= 4 is 27.3 Å². The second-order valence-electron chi connectivity index (χ2n) is 6.85. The summed E-state index contributed by atoms with van der Waals surface area (Å²) >= 11 is 0. The van der Waals surface area contributed by atoms with Crippen molar-refractivity contribution in [3.63, 3.8) is 0 Å². The smallest absolute Gasteiger partial charge is 0.291 e. The van der Waals surface area contributed by atoms with E-state index in [0.29, 0.717) is 24.3 Å². The number of sulfone groups is 1. The molecule has 0 aliphatic heterocycles. The van der Waals surface area contributed by atoms with E-state index in [1.54, 1.807) is 47.4 Å². The van der Waals surface area contributed by atoms with E-state index < -0.39 is 15.7 Å². The van der Waals surface area contributed by atoms with Crippen LogP contribution in [0.3, 0.4) is 0 Å². The summed E-state index contributed by atoms with van der Waals surface area (Å²) in [5.41, 5.74) is 0.911. The summed E-state index contributed by atoms with van der Waals surface area (Å²) in [5.74, 6) is -0.848. The highest BCUT2D eigenvalue weighted by Crippen LogP contribution is 2.19. The number of rotatable bonds is 8. The van der Waals surface area contributed by atoms with Crippen LogP contribution in [-0.4, -0.2) is 38.2 Å². The van der Waals surface area contributed by atoms with Gasteiger partial charge < -0.3 is 14.6 Å². The molecule has 0 atom stereocenters. The van der Waals surface area contributed by atoms with Gasteiger partial charge in [0.05, 0.1) is 4.90 Å². The van der Waals surface area contributed by atoms with Gasteiger partial charge in [-0.05, 0) is 56.3 Å². The average Bonchev–Trinajstić information content (AvgIpc) is 3.23. The Morgan fingerprint density at radius 1 is 0.935 bits per heavy atom. The Labute approximate surface area is 181 Å². The van der Waals surface area contributed by atoms with Gasteiger partial charge in [-0.1, -0.05) is 24.3 Å². The predicted octanol–water partition coefficient (Wildman–Crippen LogP) is 3.99. The molecule has 7 nitrogen and oxygen atoms in total. The maximum absolute atomic E-state index is 12.5. The summed E-state index contributed by atoms with van der Waals surface area (Å²) in [7, 11) is -3.58. The van der Waals surface area contributed by atoms with E-state index in [1.807, 2.05) is 13.8 Å². The van der Waals surface area contributed by atoms with E-state index in [4.69, 9.17) is 4.42 Å². The van der Waals surface area contributed by atoms with Crippen molar-refractivity contribution in [2.75, 3.05) is 18.4 Å². The van der Waals surface area contributed by atoms with E-state index in [0.717, 1.165) is 0 Å². The molecule has 162 valence electrons. The third-order valence-electron chi connectivity index (χ3n) is 4.74. The fourth-order valence-corrected chi connectivity index (χ4v) is 4.36. The maximum Gasteiger partial charge on any atom is 0.291 e. The Bertz CT molecular complexity index is 1170. The van der Waals surface area contributed by atoms with Gasteiger partial charge in [-0.15, -0.1) is 0 Å². The molecule has 3 rings (SSSR count). The summed E-state index contributed by atoms with van der Waals surface area (Å²) in [6.45, 7) is 4.99. The molecule has 0 unspecified atom stereocenters. The first-order valence-electron chi connectivity index (χ1n) is 9.91. The zero-order chi connectivity index (χ0) is 22.4. The Hall–Kier alpha value is -3.39. The minimum atomic E-state index is -3.58. The van der Waals surface area contributed by atoms with E-state index in [2.05, 4.69) is 5.32 Å². The number of anilines is 1. The van der Waals surface area contributed by atoms with Gasteiger partial charge in [-0.25, -0.2) is 8.42 Å². The minimum Gasteiger partial charge on any atom is -0.455 e. The Morgan fingerprint density at radius 2 is 1.65 bits per heavy atom. The van der Waals surface area contributed by atoms with Crippen LogP contribution in [0, 0.1) is 0 Å². The topological polar surface area (TPSA) is 96.7 Å². The molecule has 0 aliphatic carbocycles. The summed E-state index contributed by atoms with van der Waals surface area (Å²) in [4.78, 5) is 26.9. The van der Waals surface area contributed by atoms with Crippen molar-refractivity contribution in [2.45, 2.75) is 24.5 Å². The van der Waals surface area contributed by atoms with Crippen LogP contribution in [-0.2, 0) is 15.6 Å². The standard InChI is InChI=1S/C23H24N2O5S/c1-3-25(4-2)23(27)17-9-8-10-18(15-17)24-22(26)21-14-13-19(30-21)16-31(28,29)20-11-6-5-7-12-20/h5-15H,3-4,16H2,1-2H3,(H,24,26). The highest BCUT2D eigenvalue weighted by molar-refractivity contribution is 7.90. The lowest BCUT2D eigenvalue weighted by Crippen LogP contribution is -2.30. The number of carbonyl (C=O) groups excluding carboxylic acids is 2. The van der Waals surface area contributed by atoms with Crippen LogP contribution < -0.4 is 5.32 Å². The van der Waals surface area contributed by atoms with Crippen molar-refractivity contribution in [2.24, 2.45) is 0 Å². The lowest BCUT2D eigenvalue weighted by Gasteiger charge is -2.18. The molecule has 1 heterocycles. The number of furan rings is 1. The number of carbonyl (C=O) groups is 2. The Morgan fingerprint density at radius 3 is 2.32 bits per heavy atom. The molecule has 0 radical (unpaired) electrons. The number of hydrogen-bond donors (Lipinski definition) is 1. The van der Waals surface area contributed by atoms with Gasteiger partial charge >= 0.3 is 0 Å². The van der Waals surface area contributed by atoms with Crippen molar-refractivity contribution in [3.8, 4) is 0 Å². The largest absolute Gasteiger partial charge is 0.455 e. The quantitative estimate of drug-likeness (QED) is 0.571. The van der Waals surface area contributed by atoms with Crippen molar-refractivity contribution in [3.05, 3.63) is 83.8 Å². The molecule has 0 fully saturated rings. The molecule has 0 bridgehead atoms. The molecule has 3 aromatic rings.